The van der Waals surface area contributed by atoms with E-state index in [0.29, 0.717) is 48.8 Å². The topological polar surface area (TPSA) is 77.1 Å². The van der Waals surface area contributed by atoms with Gasteiger partial charge in [-0.05, 0) is 63.6 Å². The average molecular weight is 437 g/mol. The quantitative estimate of drug-likeness (QED) is 0.691. The molecule has 1 aliphatic carbocycles. The van der Waals surface area contributed by atoms with Crippen molar-refractivity contribution in [3.05, 3.63) is 16.0 Å². The number of likely N-dealkylation sites (tertiary alicyclic amines) is 1. The third kappa shape index (κ3) is 4.88. The third-order valence-electron chi connectivity index (χ3n) is 6.28. The number of hydrogen-bond acceptors (Lipinski definition) is 7. The molecule has 8 heteroatoms. The van der Waals surface area contributed by atoms with E-state index in [1.165, 1.54) is 4.88 Å². The number of hydrogen-bond donors (Lipinski definition) is 1. The first-order valence-electron chi connectivity index (χ1n) is 11.1. The standard InChI is InChI=1S/C22H32N2O5S/c1-3-27-21(26)19-16-5-4-14(2)12-17(16)30-20(19)23-18(25)13-24-8-6-15(7-9-24)22-28-10-11-29-22/h14-15,22H,3-13H2,1-2H3,(H,23,25). The van der Waals surface area contributed by atoms with Gasteiger partial charge >= 0.3 is 5.97 Å². The molecule has 2 aliphatic heterocycles. The predicted octanol–water partition coefficient (Wildman–Crippen LogP) is 3.07. The highest BCUT2D eigenvalue weighted by atomic mass is 32.1. The Morgan fingerprint density at radius 3 is 2.63 bits per heavy atom. The van der Waals surface area contributed by atoms with Crippen LogP contribution in [-0.2, 0) is 31.8 Å². The summed E-state index contributed by atoms with van der Waals surface area (Å²) in [6, 6.07) is 0. The molecule has 3 aliphatic rings. The first-order valence-corrected chi connectivity index (χ1v) is 11.9. The lowest BCUT2D eigenvalue weighted by Gasteiger charge is -2.33. The van der Waals surface area contributed by atoms with Crippen LogP contribution >= 0.6 is 11.3 Å². The summed E-state index contributed by atoms with van der Waals surface area (Å²) in [7, 11) is 0. The smallest absolute Gasteiger partial charge is 0.341 e. The molecule has 3 heterocycles. The molecule has 4 rings (SSSR count). The van der Waals surface area contributed by atoms with Crippen LogP contribution in [0.2, 0.25) is 0 Å². The summed E-state index contributed by atoms with van der Waals surface area (Å²) in [6.45, 7) is 7.77. The Hall–Kier alpha value is -1.48. The molecular weight excluding hydrogens is 404 g/mol. The predicted molar refractivity (Wildman–Crippen MR) is 115 cm³/mol. The zero-order valence-electron chi connectivity index (χ0n) is 17.9. The van der Waals surface area contributed by atoms with Gasteiger partial charge in [-0.15, -0.1) is 11.3 Å². The molecule has 1 amide bonds. The number of nitrogens with one attached hydrogen (secondary N) is 1. The van der Waals surface area contributed by atoms with Crippen LogP contribution in [0.15, 0.2) is 0 Å². The maximum Gasteiger partial charge on any atom is 0.341 e. The number of rotatable bonds is 6. The van der Waals surface area contributed by atoms with E-state index < -0.39 is 0 Å². The molecule has 0 aromatic carbocycles. The van der Waals surface area contributed by atoms with E-state index >= 15 is 0 Å². The zero-order valence-corrected chi connectivity index (χ0v) is 18.7. The second-order valence-electron chi connectivity index (χ2n) is 8.55. The van der Waals surface area contributed by atoms with E-state index in [-0.39, 0.29) is 18.2 Å². The molecule has 1 N–H and O–H groups in total. The molecule has 166 valence electrons. The van der Waals surface area contributed by atoms with Crippen LogP contribution in [0.4, 0.5) is 5.00 Å². The molecule has 1 unspecified atom stereocenters. The maximum absolute atomic E-state index is 12.8. The Morgan fingerprint density at radius 1 is 1.20 bits per heavy atom. The van der Waals surface area contributed by atoms with Gasteiger partial charge in [0, 0.05) is 10.8 Å². The highest BCUT2D eigenvalue weighted by Gasteiger charge is 2.32. The van der Waals surface area contributed by atoms with Crippen molar-refractivity contribution in [1.82, 2.24) is 4.90 Å². The summed E-state index contributed by atoms with van der Waals surface area (Å²) in [6.07, 6.45) is 4.76. The van der Waals surface area contributed by atoms with Crippen LogP contribution in [0.1, 0.15) is 53.9 Å². The van der Waals surface area contributed by atoms with Crippen molar-refractivity contribution in [2.24, 2.45) is 11.8 Å². The average Bonchev–Trinajstić information content (AvgIpc) is 3.36. The molecule has 1 atom stereocenters. The Bertz CT molecular complexity index is 766. The van der Waals surface area contributed by atoms with Crippen molar-refractivity contribution in [2.75, 3.05) is 44.8 Å². The lowest BCUT2D eigenvalue weighted by Crippen LogP contribution is -2.41. The fourth-order valence-corrected chi connectivity index (χ4v) is 6.07. The monoisotopic (exact) mass is 436 g/mol. The van der Waals surface area contributed by atoms with E-state index in [2.05, 4.69) is 17.1 Å². The molecule has 1 aromatic heterocycles. The van der Waals surface area contributed by atoms with Gasteiger partial charge in [-0.2, -0.15) is 0 Å². The summed E-state index contributed by atoms with van der Waals surface area (Å²) in [4.78, 5) is 28.8. The van der Waals surface area contributed by atoms with Gasteiger partial charge in [-0.25, -0.2) is 4.79 Å². The minimum absolute atomic E-state index is 0.0704. The van der Waals surface area contributed by atoms with Gasteiger partial charge in [0.1, 0.15) is 5.00 Å². The zero-order chi connectivity index (χ0) is 21.1. The number of anilines is 1. The molecule has 2 fully saturated rings. The highest BCUT2D eigenvalue weighted by Crippen LogP contribution is 2.40. The number of fused-ring (bicyclic) bond motifs is 1. The van der Waals surface area contributed by atoms with Crippen molar-refractivity contribution < 1.29 is 23.8 Å². The van der Waals surface area contributed by atoms with Gasteiger partial charge in [0.2, 0.25) is 5.91 Å². The van der Waals surface area contributed by atoms with E-state index in [9.17, 15) is 9.59 Å². The molecule has 7 nitrogen and oxygen atoms in total. The number of thiophene rings is 1. The Kier molecular flexibility index (Phi) is 7.08. The molecule has 1 aromatic rings. The van der Waals surface area contributed by atoms with Crippen LogP contribution in [0.3, 0.4) is 0 Å². The SMILES string of the molecule is CCOC(=O)c1c(NC(=O)CN2CCC(C3OCCO3)CC2)sc2c1CCC(C)C2. The number of carbonyl (C=O) groups is 2. The molecule has 0 bridgehead atoms. The van der Waals surface area contributed by atoms with Crippen LogP contribution in [-0.4, -0.2) is 62.5 Å². The molecule has 0 spiro atoms. The molecule has 2 saturated heterocycles. The number of nitrogens with zero attached hydrogens (tertiary/aromatic N) is 1. The Morgan fingerprint density at radius 2 is 1.93 bits per heavy atom. The van der Waals surface area contributed by atoms with Crippen molar-refractivity contribution in [1.29, 1.82) is 0 Å². The Labute approximate surface area is 182 Å². The lowest BCUT2D eigenvalue weighted by molar-refractivity contribution is -0.119. The summed E-state index contributed by atoms with van der Waals surface area (Å²) in [5, 5.41) is 3.68. The number of ether oxygens (including phenoxy) is 3. The van der Waals surface area contributed by atoms with Crippen LogP contribution < -0.4 is 5.32 Å². The van der Waals surface area contributed by atoms with E-state index in [1.807, 2.05) is 6.92 Å². The molecular formula is C22H32N2O5S. The van der Waals surface area contributed by atoms with Gasteiger partial charge in [-0.1, -0.05) is 6.92 Å². The summed E-state index contributed by atoms with van der Waals surface area (Å²) < 4.78 is 16.6. The molecule has 0 radical (unpaired) electrons. The summed E-state index contributed by atoms with van der Waals surface area (Å²) >= 11 is 1.54. The van der Waals surface area contributed by atoms with Gasteiger partial charge in [0.15, 0.2) is 6.29 Å². The normalized spacial score (nSPS) is 23.3. The van der Waals surface area contributed by atoms with Gasteiger partial charge in [-0.3, -0.25) is 9.69 Å². The largest absolute Gasteiger partial charge is 0.462 e. The second-order valence-corrected chi connectivity index (χ2v) is 9.65. The summed E-state index contributed by atoms with van der Waals surface area (Å²) in [5.41, 5.74) is 1.65. The van der Waals surface area contributed by atoms with Crippen molar-refractivity contribution in [3.8, 4) is 0 Å². The molecule has 30 heavy (non-hydrogen) atoms. The minimum atomic E-state index is -0.322. The highest BCUT2D eigenvalue weighted by molar-refractivity contribution is 7.17. The number of amides is 1. The van der Waals surface area contributed by atoms with Gasteiger partial charge in [0.25, 0.3) is 0 Å². The first kappa shape index (κ1) is 21.7. The van der Waals surface area contributed by atoms with Gasteiger partial charge < -0.3 is 19.5 Å². The third-order valence-corrected chi connectivity index (χ3v) is 7.45. The van der Waals surface area contributed by atoms with Crippen LogP contribution in [0.25, 0.3) is 0 Å². The van der Waals surface area contributed by atoms with Crippen molar-refractivity contribution in [3.63, 3.8) is 0 Å². The van der Waals surface area contributed by atoms with Crippen molar-refractivity contribution in [2.45, 2.75) is 52.2 Å². The second kappa shape index (κ2) is 9.77. The van der Waals surface area contributed by atoms with Crippen LogP contribution in [0.5, 0.6) is 0 Å². The number of piperidine rings is 1. The Balaban J connectivity index is 1.37. The maximum atomic E-state index is 12.8. The minimum Gasteiger partial charge on any atom is -0.462 e. The summed E-state index contributed by atoms with van der Waals surface area (Å²) in [5.74, 6) is 0.619. The molecule has 0 saturated carbocycles. The van der Waals surface area contributed by atoms with Crippen molar-refractivity contribution >= 4 is 28.2 Å². The van der Waals surface area contributed by atoms with E-state index in [4.69, 9.17) is 14.2 Å². The number of esters is 1. The fraction of sp³-hybridized carbons (Fsp3) is 0.727. The van der Waals surface area contributed by atoms with Gasteiger partial charge in [0.05, 0.1) is 31.9 Å². The van der Waals surface area contributed by atoms with E-state index in [1.54, 1.807) is 11.3 Å². The van der Waals surface area contributed by atoms with Crippen LogP contribution in [0, 0.1) is 11.8 Å². The van der Waals surface area contributed by atoms with E-state index in [0.717, 1.165) is 50.8 Å². The fourth-order valence-electron chi connectivity index (χ4n) is 4.66. The lowest BCUT2D eigenvalue weighted by atomic mass is 9.88. The number of carbonyl (C=O) groups excluding carboxylic acids is 2. The first-order chi connectivity index (χ1) is 14.5.